The Hall–Kier alpha value is -2.39. The molecule has 3 nitrogen and oxygen atoms in total. The highest BCUT2D eigenvalue weighted by atomic mass is 16.5. The number of nitrogens with two attached hydrogens (primary N) is 1. The molecule has 0 bridgehead atoms. The molecule has 20 heavy (non-hydrogen) atoms. The number of ether oxygens (including phenoxy) is 1. The van der Waals surface area contributed by atoms with Crippen molar-refractivity contribution in [2.45, 2.75) is 6.04 Å². The van der Waals surface area contributed by atoms with Crippen LogP contribution < -0.4 is 10.5 Å². The Morgan fingerprint density at radius 2 is 1.85 bits per heavy atom. The van der Waals surface area contributed by atoms with Crippen LogP contribution in [0.1, 0.15) is 11.6 Å². The Kier molecular flexibility index (Phi) is 3.61. The second-order valence-electron chi connectivity index (χ2n) is 4.69. The van der Waals surface area contributed by atoms with E-state index < -0.39 is 0 Å². The van der Waals surface area contributed by atoms with E-state index in [0.29, 0.717) is 6.61 Å². The summed E-state index contributed by atoms with van der Waals surface area (Å²) in [5.74, 6) is 0.835. The maximum Gasteiger partial charge on any atom is 0.119 e. The lowest BCUT2D eigenvalue weighted by molar-refractivity contribution is 0.291. The third-order valence-corrected chi connectivity index (χ3v) is 3.23. The number of nitrogens with zero attached hydrogens (tertiary/aromatic N) is 1. The number of pyridine rings is 1. The highest BCUT2D eigenvalue weighted by molar-refractivity contribution is 5.78. The van der Waals surface area contributed by atoms with Crippen LogP contribution >= 0.6 is 0 Å². The molecule has 0 aliphatic heterocycles. The molecule has 0 aliphatic carbocycles. The highest BCUT2D eigenvalue weighted by Gasteiger charge is 2.08. The number of fused-ring (bicyclic) bond motifs is 1. The van der Waals surface area contributed by atoms with Crippen molar-refractivity contribution < 1.29 is 4.74 Å². The Morgan fingerprint density at radius 3 is 2.70 bits per heavy atom. The Balaban J connectivity index is 1.73. The topological polar surface area (TPSA) is 48.1 Å². The summed E-state index contributed by atoms with van der Waals surface area (Å²) in [4.78, 5) is 4.35. The molecule has 0 saturated carbocycles. The second kappa shape index (κ2) is 5.72. The van der Waals surface area contributed by atoms with Gasteiger partial charge in [0, 0.05) is 11.6 Å². The van der Waals surface area contributed by atoms with Crippen molar-refractivity contribution in [2.24, 2.45) is 5.73 Å². The van der Waals surface area contributed by atoms with E-state index in [1.165, 1.54) is 0 Å². The first-order chi connectivity index (χ1) is 9.83. The van der Waals surface area contributed by atoms with Crippen LogP contribution in [0.15, 0.2) is 66.9 Å². The van der Waals surface area contributed by atoms with Crippen LogP contribution in [0, 0.1) is 0 Å². The summed E-state index contributed by atoms with van der Waals surface area (Å²) in [5.41, 5.74) is 8.17. The molecule has 1 heterocycles. The van der Waals surface area contributed by atoms with Crippen LogP contribution in [0.5, 0.6) is 5.75 Å². The normalized spacial score (nSPS) is 12.2. The predicted molar refractivity (Wildman–Crippen MR) is 80.6 cm³/mol. The molecule has 100 valence electrons. The van der Waals surface area contributed by atoms with Crippen molar-refractivity contribution in [1.29, 1.82) is 0 Å². The predicted octanol–water partition coefficient (Wildman–Crippen LogP) is 3.31. The number of aromatic nitrogens is 1. The average Bonchev–Trinajstić information content (AvgIpc) is 2.53. The van der Waals surface area contributed by atoms with Crippen LogP contribution in [-0.2, 0) is 0 Å². The number of hydrogen-bond acceptors (Lipinski definition) is 3. The maximum atomic E-state index is 6.18. The van der Waals surface area contributed by atoms with Crippen molar-refractivity contribution in [2.75, 3.05) is 6.61 Å². The molecule has 0 radical (unpaired) electrons. The van der Waals surface area contributed by atoms with Gasteiger partial charge in [-0.3, -0.25) is 4.98 Å². The van der Waals surface area contributed by atoms with Gasteiger partial charge in [-0.2, -0.15) is 0 Å². The van der Waals surface area contributed by atoms with Gasteiger partial charge in [0.2, 0.25) is 0 Å². The standard InChI is InChI=1S/C17H16N2O/c18-16(12-20-15-6-2-1-3-7-15)14-9-8-13-5-4-10-19-17(13)11-14/h1-11,16H,12,18H2. The van der Waals surface area contributed by atoms with Crippen molar-refractivity contribution in [1.82, 2.24) is 4.98 Å². The first-order valence-electron chi connectivity index (χ1n) is 6.61. The molecule has 0 aliphatic rings. The molecule has 1 aromatic heterocycles. The summed E-state index contributed by atoms with van der Waals surface area (Å²) in [7, 11) is 0. The zero-order chi connectivity index (χ0) is 13.8. The molecule has 1 atom stereocenters. The first-order valence-corrected chi connectivity index (χ1v) is 6.61. The van der Waals surface area contributed by atoms with Gasteiger partial charge in [0.25, 0.3) is 0 Å². The van der Waals surface area contributed by atoms with Crippen LogP contribution in [0.4, 0.5) is 0 Å². The molecule has 1 unspecified atom stereocenters. The van der Waals surface area contributed by atoms with Crippen molar-refractivity contribution >= 4 is 10.9 Å². The van der Waals surface area contributed by atoms with E-state index >= 15 is 0 Å². The Bertz CT molecular complexity index is 697. The van der Waals surface area contributed by atoms with Gasteiger partial charge in [-0.05, 0) is 29.8 Å². The minimum absolute atomic E-state index is 0.165. The number of rotatable bonds is 4. The van der Waals surface area contributed by atoms with Gasteiger partial charge in [0.15, 0.2) is 0 Å². The van der Waals surface area contributed by atoms with Crippen LogP contribution in [-0.4, -0.2) is 11.6 Å². The molecular weight excluding hydrogens is 248 g/mol. The molecule has 0 saturated heterocycles. The monoisotopic (exact) mass is 264 g/mol. The molecule has 3 aromatic rings. The lowest BCUT2D eigenvalue weighted by Crippen LogP contribution is -2.18. The van der Waals surface area contributed by atoms with Crippen molar-refractivity contribution in [3.8, 4) is 5.75 Å². The second-order valence-corrected chi connectivity index (χ2v) is 4.69. The van der Waals surface area contributed by atoms with E-state index in [4.69, 9.17) is 10.5 Å². The van der Waals surface area contributed by atoms with Gasteiger partial charge in [0.05, 0.1) is 11.6 Å². The smallest absolute Gasteiger partial charge is 0.119 e. The highest BCUT2D eigenvalue weighted by Crippen LogP contribution is 2.19. The summed E-state index contributed by atoms with van der Waals surface area (Å²) in [6.07, 6.45) is 1.79. The zero-order valence-corrected chi connectivity index (χ0v) is 11.1. The molecule has 2 N–H and O–H groups in total. The van der Waals surface area contributed by atoms with E-state index in [0.717, 1.165) is 22.2 Å². The van der Waals surface area contributed by atoms with E-state index in [1.807, 2.05) is 60.7 Å². The number of benzene rings is 2. The van der Waals surface area contributed by atoms with Gasteiger partial charge in [-0.15, -0.1) is 0 Å². The molecule has 0 spiro atoms. The fourth-order valence-corrected chi connectivity index (χ4v) is 2.11. The first kappa shape index (κ1) is 12.6. The molecule has 2 aromatic carbocycles. The van der Waals surface area contributed by atoms with E-state index in [1.54, 1.807) is 6.20 Å². The summed E-state index contributed by atoms with van der Waals surface area (Å²) in [5, 5.41) is 1.12. The average molecular weight is 264 g/mol. The lowest BCUT2D eigenvalue weighted by atomic mass is 10.1. The summed E-state index contributed by atoms with van der Waals surface area (Å²) in [6.45, 7) is 0.447. The van der Waals surface area contributed by atoms with Gasteiger partial charge < -0.3 is 10.5 Å². The minimum atomic E-state index is -0.165. The Labute approximate surface area is 118 Å². The lowest BCUT2D eigenvalue weighted by Gasteiger charge is -2.14. The van der Waals surface area contributed by atoms with Gasteiger partial charge in [0.1, 0.15) is 12.4 Å². The van der Waals surface area contributed by atoms with Gasteiger partial charge >= 0.3 is 0 Å². The maximum absolute atomic E-state index is 6.18. The van der Waals surface area contributed by atoms with Crippen LogP contribution in [0.3, 0.4) is 0 Å². The molecule has 0 amide bonds. The summed E-state index contributed by atoms with van der Waals surface area (Å²) >= 11 is 0. The van der Waals surface area contributed by atoms with E-state index in [-0.39, 0.29) is 6.04 Å². The third kappa shape index (κ3) is 2.78. The summed E-state index contributed by atoms with van der Waals surface area (Å²) < 4.78 is 5.69. The number of hydrogen-bond donors (Lipinski definition) is 1. The van der Waals surface area contributed by atoms with Crippen LogP contribution in [0.25, 0.3) is 10.9 Å². The van der Waals surface area contributed by atoms with E-state index in [9.17, 15) is 0 Å². The fourth-order valence-electron chi connectivity index (χ4n) is 2.11. The molecule has 3 heteroatoms. The van der Waals surface area contributed by atoms with Gasteiger partial charge in [-0.25, -0.2) is 0 Å². The largest absolute Gasteiger partial charge is 0.492 e. The van der Waals surface area contributed by atoms with Crippen LogP contribution in [0.2, 0.25) is 0 Å². The molecular formula is C17H16N2O. The SMILES string of the molecule is NC(COc1ccccc1)c1ccc2cccnc2c1. The number of para-hydroxylation sites is 1. The third-order valence-electron chi connectivity index (χ3n) is 3.23. The van der Waals surface area contributed by atoms with Crippen molar-refractivity contribution in [3.05, 3.63) is 72.4 Å². The Morgan fingerprint density at radius 1 is 1.00 bits per heavy atom. The van der Waals surface area contributed by atoms with E-state index in [2.05, 4.69) is 4.98 Å². The summed E-state index contributed by atoms with van der Waals surface area (Å²) in [6, 6.07) is 19.6. The molecule has 0 fully saturated rings. The van der Waals surface area contributed by atoms with Gasteiger partial charge in [-0.1, -0.05) is 36.4 Å². The quantitative estimate of drug-likeness (QED) is 0.786. The van der Waals surface area contributed by atoms with Crippen molar-refractivity contribution in [3.63, 3.8) is 0 Å². The minimum Gasteiger partial charge on any atom is -0.492 e. The fraction of sp³-hybridized carbons (Fsp3) is 0.118. The zero-order valence-electron chi connectivity index (χ0n) is 11.1. The molecule has 3 rings (SSSR count).